The van der Waals surface area contributed by atoms with E-state index < -0.39 is 0 Å². The predicted octanol–water partition coefficient (Wildman–Crippen LogP) is 4.85. The van der Waals surface area contributed by atoms with Crippen LogP contribution in [0.3, 0.4) is 0 Å². The third-order valence-electron chi connectivity index (χ3n) is 4.76. The highest BCUT2D eigenvalue weighted by Gasteiger charge is 2.08. The van der Waals surface area contributed by atoms with Crippen molar-refractivity contribution in [2.24, 2.45) is 0 Å². The third kappa shape index (κ3) is 7.47. The number of nitrogens with one attached hydrogen (secondary N) is 3. The maximum atomic E-state index is 12.4. The zero-order valence-corrected chi connectivity index (χ0v) is 18.3. The zero-order chi connectivity index (χ0) is 22.6. The molecule has 0 heterocycles. The van der Waals surface area contributed by atoms with Gasteiger partial charge in [-0.05, 0) is 42.3 Å². The maximum absolute atomic E-state index is 12.4. The number of benzene rings is 3. The van der Waals surface area contributed by atoms with Crippen molar-refractivity contribution in [2.45, 2.75) is 26.4 Å². The second-order valence-electron chi connectivity index (χ2n) is 7.39. The summed E-state index contributed by atoms with van der Waals surface area (Å²) in [4.78, 5) is 24.6. The van der Waals surface area contributed by atoms with Crippen LogP contribution in [0.5, 0.6) is 5.75 Å². The van der Waals surface area contributed by atoms with Crippen molar-refractivity contribution in [1.82, 2.24) is 5.32 Å². The minimum atomic E-state index is -0.204. The second-order valence-corrected chi connectivity index (χ2v) is 7.39. The number of unbranched alkanes of at least 4 members (excludes halogenated alkanes) is 1. The topological polar surface area (TPSA) is 79.5 Å². The lowest BCUT2D eigenvalue weighted by Crippen LogP contribution is -2.25. The molecule has 32 heavy (non-hydrogen) atoms. The molecule has 2 amide bonds. The lowest BCUT2D eigenvalue weighted by atomic mass is 10.2. The molecular weight excluding hydrogens is 402 g/mol. The van der Waals surface area contributed by atoms with Gasteiger partial charge in [-0.2, -0.15) is 0 Å². The Bertz CT molecular complexity index is 1020. The summed E-state index contributed by atoms with van der Waals surface area (Å²) >= 11 is 0. The summed E-state index contributed by atoms with van der Waals surface area (Å²) in [6.07, 6.45) is 1.96. The molecule has 0 bridgehead atoms. The molecule has 0 fully saturated rings. The molecule has 166 valence electrons. The number of amides is 2. The summed E-state index contributed by atoms with van der Waals surface area (Å²) in [6, 6.07) is 24.4. The Morgan fingerprint density at radius 3 is 2.47 bits per heavy atom. The molecule has 0 unspecified atom stereocenters. The molecule has 3 N–H and O–H groups in total. The first kappa shape index (κ1) is 22.9. The fourth-order valence-corrected chi connectivity index (χ4v) is 3.04. The van der Waals surface area contributed by atoms with Crippen LogP contribution in [0.15, 0.2) is 78.9 Å². The van der Waals surface area contributed by atoms with E-state index in [0.717, 1.165) is 29.8 Å². The number of hydrogen-bond acceptors (Lipinski definition) is 4. The minimum Gasteiger partial charge on any atom is -0.489 e. The van der Waals surface area contributed by atoms with Gasteiger partial charge in [-0.1, -0.05) is 55.8 Å². The Morgan fingerprint density at radius 2 is 1.66 bits per heavy atom. The first-order chi connectivity index (χ1) is 15.6. The SMILES string of the molecule is CCCCNC(=O)c1cccc(NC(=O)CNc2cccc(OCc3ccccc3)c2)c1. The maximum Gasteiger partial charge on any atom is 0.251 e. The van der Waals surface area contributed by atoms with Gasteiger partial charge in [0.25, 0.3) is 5.91 Å². The van der Waals surface area contributed by atoms with E-state index in [-0.39, 0.29) is 18.4 Å². The molecule has 0 aromatic heterocycles. The van der Waals surface area contributed by atoms with Gasteiger partial charge in [0, 0.05) is 29.5 Å². The van der Waals surface area contributed by atoms with Crippen LogP contribution in [-0.2, 0) is 11.4 Å². The van der Waals surface area contributed by atoms with Crippen LogP contribution < -0.4 is 20.7 Å². The van der Waals surface area contributed by atoms with Gasteiger partial charge in [0.15, 0.2) is 0 Å². The average Bonchev–Trinajstić information content (AvgIpc) is 2.83. The normalized spacial score (nSPS) is 10.3. The quantitative estimate of drug-likeness (QED) is 0.379. The van der Waals surface area contributed by atoms with E-state index >= 15 is 0 Å². The van der Waals surface area contributed by atoms with Gasteiger partial charge in [0.2, 0.25) is 5.91 Å². The van der Waals surface area contributed by atoms with Crippen LogP contribution in [0, 0.1) is 0 Å². The first-order valence-electron chi connectivity index (χ1n) is 10.8. The monoisotopic (exact) mass is 431 g/mol. The summed E-state index contributed by atoms with van der Waals surface area (Å²) in [7, 11) is 0. The molecule has 0 aliphatic rings. The minimum absolute atomic E-state index is 0.0923. The summed E-state index contributed by atoms with van der Waals surface area (Å²) in [5, 5.41) is 8.80. The standard InChI is InChI=1S/C26H29N3O3/c1-2-3-15-27-26(31)21-11-7-13-23(16-21)29-25(30)18-28-22-12-8-14-24(17-22)32-19-20-9-5-4-6-10-20/h4-14,16-17,28H,2-3,15,18-19H2,1H3,(H,27,31)(H,29,30). The molecule has 3 rings (SSSR count). The smallest absolute Gasteiger partial charge is 0.251 e. The average molecular weight is 432 g/mol. The van der Waals surface area contributed by atoms with Gasteiger partial charge >= 0.3 is 0 Å². The van der Waals surface area contributed by atoms with Crippen molar-refractivity contribution in [2.75, 3.05) is 23.7 Å². The van der Waals surface area contributed by atoms with Gasteiger partial charge in [-0.15, -0.1) is 0 Å². The lowest BCUT2D eigenvalue weighted by Gasteiger charge is -2.11. The summed E-state index contributed by atoms with van der Waals surface area (Å²) in [6.45, 7) is 3.29. The molecular formula is C26H29N3O3. The number of anilines is 2. The van der Waals surface area contributed by atoms with Crippen LogP contribution in [0.1, 0.15) is 35.7 Å². The molecule has 0 atom stereocenters. The van der Waals surface area contributed by atoms with E-state index in [1.54, 1.807) is 24.3 Å². The number of ether oxygens (including phenoxy) is 1. The molecule has 3 aromatic rings. The molecule has 6 nitrogen and oxygen atoms in total. The first-order valence-corrected chi connectivity index (χ1v) is 10.8. The van der Waals surface area contributed by atoms with Crippen molar-refractivity contribution in [3.8, 4) is 5.75 Å². The Hall–Kier alpha value is -3.80. The molecule has 0 aliphatic heterocycles. The lowest BCUT2D eigenvalue weighted by molar-refractivity contribution is -0.114. The number of hydrogen-bond donors (Lipinski definition) is 3. The van der Waals surface area contributed by atoms with E-state index in [4.69, 9.17) is 4.74 Å². The van der Waals surface area contributed by atoms with Crippen molar-refractivity contribution >= 4 is 23.2 Å². The Balaban J connectivity index is 1.48. The van der Waals surface area contributed by atoms with Crippen molar-refractivity contribution in [1.29, 1.82) is 0 Å². The fraction of sp³-hybridized carbons (Fsp3) is 0.231. The summed E-state index contributed by atoms with van der Waals surface area (Å²) < 4.78 is 5.83. The Labute approximate surface area is 189 Å². The molecule has 3 aromatic carbocycles. The zero-order valence-electron chi connectivity index (χ0n) is 18.3. The van der Waals surface area contributed by atoms with Gasteiger partial charge in [-0.3, -0.25) is 9.59 Å². The largest absolute Gasteiger partial charge is 0.489 e. The van der Waals surface area contributed by atoms with Crippen molar-refractivity contribution in [3.63, 3.8) is 0 Å². The van der Waals surface area contributed by atoms with Crippen LogP contribution in [0.25, 0.3) is 0 Å². The van der Waals surface area contributed by atoms with Crippen LogP contribution in [-0.4, -0.2) is 24.9 Å². The predicted molar refractivity (Wildman–Crippen MR) is 128 cm³/mol. The highest BCUT2D eigenvalue weighted by atomic mass is 16.5. The van der Waals surface area contributed by atoms with Crippen LogP contribution in [0.4, 0.5) is 11.4 Å². The van der Waals surface area contributed by atoms with Crippen LogP contribution >= 0.6 is 0 Å². The molecule has 6 heteroatoms. The highest BCUT2D eigenvalue weighted by molar-refractivity contribution is 5.98. The van der Waals surface area contributed by atoms with Gasteiger partial charge in [0.05, 0.1) is 6.54 Å². The fourth-order valence-electron chi connectivity index (χ4n) is 3.04. The molecule has 0 radical (unpaired) electrons. The molecule has 0 aliphatic carbocycles. The second kappa shape index (κ2) is 12.2. The summed E-state index contributed by atoms with van der Waals surface area (Å²) in [5.41, 5.74) is 2.98. The third-order valence-corrected chi connectivity index (χ3v) is 4.76. The molecule has 0 saturated carbocycles. The van der Waals surface area contributed by atoms with Gasteiger partial charge in [-0.25, -0.2) is 0 Å². The van der Waals surface area contributed by atoms with E-state index in [1.165, 1.54) is 0 Å². The van der Waals surface area contributed by atoms with Crippen molar-refractivity contribution < 1.29 is 14.3 Å². The summed E-state index contributed by atoms with van der Waals surface area (Å²) in [5.74, 6) is 0.380. The van der Waals surface area contributed by atoms with Crippen molar-refractivity contribution in [3.05, 3.63) is 90.0 Å². The number of carbonyl (C=O) groups is 2. The highest BCUT2D eigenvalue weighted by Crippen LogP contribution is 2.18. The van der Waals surface area contributed by atoms with Gasteiger partial charge in [0.1, 0.15) is 12.4 Å². The van der Waals surface area contributed by atoms with E-state index in [1.807, 2.05) is 54.6 Å². The Kier molecular flexibility index (Phi) is 8.69. The molecule has 0 spiro atoms. The van der Waals surface area contributed by atoms with Crippen LogP contribution in [0.2, 0.25) is 0 Å². The van der Waals surface area contributed by atoms with E-state index in [0.29, 0.717) is 24.4 Å². The number of rotatable bonds is 11. The van der Waals surface area contributed by atoms with E-state index in [9.17, 15) is 9.59 Å². The van der Waals surface area contributed by atoms with E-state index in [2.05, 4.69) is 22.9 Å². The van der Waals surface area contributed by atoms with Gasteiger partial charge < -0.3 is 20.7 Å². The number of carbonyl (C=O) groups excluding carboxylic acids is 2. The Morgan fingerprint density at radius 1 is 0.875 bits per heavy atom. The molecule has 0 saturated heterocycles.